The fourth-order valence-electron chi connectivity index (χ4n) is 2.46. The predicted molar refractivity (Wildman–Crippen MR) is 86.0 cm³/mol. The molecule has 2 heterocycles. The van der Waals surface area contributed by atoms with Gasteiger partial charge in [0.25, 0.3) is 10.0 Å². The molecular formula is C14H17N3O3S2. The summed E-state index contributed by atoms with van der Waals surface area (Å²) in [5.41, 5.74) is 1.74. The van der Waals surface area contributed by atoms with E-state index in [0.717, 1.165) is 29.3 Å². The molecule has 3 rings (SSSR count). The van der Waals surface area contributed by atoms with Gasteiger partial charge in [0, 0.05) is 25.7 Å². The van der Waals surface area contributed by atoms with Gasteiger partial charge >= 0.3 is 0 Å². The lowest BCUT2D eigenvalue weighted by molar-refractivity contribution is 0.344. The van der Waals surface area contributed by atoms with E-state index in [1.165, 1.54) is 17.5 Å². The maximum atomic E-state index is 13.0. The number of sulfonamides is 1. The van der Waals surface area contributed by atoms with Crippen LogP contribution in [0.5, 0.6) is 5.88 Å². The van der Waals surface area contributed by atoms with E-state index < -0.39 is 10.0 Å². The van der Waals surface area contributed by atoms with Crippen LogP contribution in [0.15, 0.2) is 34.5 Å². The van der Waals surface area contributed by atoms with Crippen LogP contribution in [0.2, 0.25) is 0 Å². The van der Waals surface area contributed by atoms with Gasteiger partial charge in [-0.1, -0.05) is 18.2 Å². The smallest absolute Gasteiger partial charge is 0.275 e. The highest BCUT2D eigenvalue weighted by Crippen LogP contribution is 2.32. The molecule has 1 aromatic carbocycles. The number of rotatable bonds is 3. The molecule has 0 amide bonds. The quantitative estimate of drug-likeness (QED) is 0.853. The number of fused-ring (bicyclic) bond motifs is 1. The zero-order valence-corrected chi connectivity index (χ0v) is 14.0. The molecule has 6 nitrogen and oxygen atoms in total. The van der Waals surface area contributed by atoms with Gasteiger partial charge in [0.15, 0.2) is 4.21 Å². The van der Waals surface area contributed by atoms with Crippen molar-refractivity contribution in [1.29, 1.82) is 0 Å². The lowest BCUT2D eigenvalue weighted by Crippen LogP contribution is -2.34. The summed E-state index contributed by atoms with van der Waals surface area (Å²) in [6.07, 6.45) is 0. The molecule has 22 heavy (non-hydrogen) atoms. The molecule has 0 atom stereocenters. The number of ether oxygens (including phenoxy) is 1. The third-order valence-electron chi connectivity index (χ3n) is 3.61. The highest BCUT2D eigenvalue weighted by molar-refractivity contribution is 7.94. The SMILES string of the molecule is COc1cc(S(=O)(=O)N2CCN(C)Cc3ccccc32)sn1. The van der Waals surface area contributed by atoms with Crippen molar-refractivity contribution in [3.8, 4) is 5.88 Å². The van der Waals surface area contributed by atoms with Crippen LogP contribution < -0.4 is 9.04 Å². The fourth-order valence-corrected chi connectivity index (χ4v) is 4.90. The summed E-state index contributed by atoms with van der Waals surface area (Å²) in [5.74, 6) is 0.323. The van der Waals surface area contributed by atoms with Crippen LogP contribution in [0.1, 0.15) is 5.56 Å². The number of aromatic nitrogens is 1. The third kappa shape index (κ3) is 2.69. The number of hydrogen-bond donors (Lipinski definition) is 0. The molecule has 0 fully saturated rings. The van der Waals surface area contributed by atoms with E-state index in [2.05, 4.69) is 9.27 Å². The topological polar surface area (TPSA) is 62.7 Å². The Morgan fingerprint density at radius 1 is 1.27 bits per heavy atom. The van der Waals surface area contributed by atoms with Crippen LogP contribution in [-0.4, -0.2) is 44.9 Å². The molecule has 1 aliphatic rings. The molecule has 0 N–H and O–H groups in total. The summed E-state index contributed by atoms with van der Waals surface area (Å²) in [6.45, 7) is 1.81. The van der Waals surface area contributed by atoms with E-state index in [1.807, 2.05) is 31.3 Å². The Balaban J connectivity index is 2.06. The molecule has 0 radical (unpaired) electrons. The molecule has 0 saturated carbocycles. The van der Waals surface area contributed by atoms with Crippen molar-refractivity contribution in [3.05, 3.63) is 35.9 Å². The van der Waals surface area contributed by atoms with Gasteiger partial charge in [-0.3, -0.25) is 4.31 Å². The summed E-state index contributed by atoms with van der Waals surface area (Å²) < 4.78 is 36.6. The minimum absolute atomic E-state index is 0.198. The van der Waals surface area contributed by atoms with Gasteiger partial charge in [-0.15, -0.1) is 0 Å². The summed E-state index contributed by atoms with van der Waals surface area (Å²) in [5, 5.41) is 0. The number of nitrogens with zero attached hydrogens (tertiary/aromatic N) is 3. The second kappa shape index (κ2) is 5.86. The van der Waals surface area contributed by atoms with E-state index in [4.69, 9.17) is 4.74 Å². The monoisotopic (exact) mass is 339 g/mol. The first kappa shape index (κ1) is 15.3. The second-order valence-corrected chi connectivity index (χ2v) is 8.03. The Labute approximate surface area is 134 Å². The zero-order chi connectivity index (χ0) is 15.7. The number of anilines is 1. The highest BCUT2D eigenvalue weighted by atomic mass is 32.2. The van der Waals surface area contributed by atoms with Crippen molar-refractivity contribution in [2.45, 2.75) is 10.8 Å². The Bertz CT molecular complexity index is 773. The minimum atomic E-state index is -3.63. The first-order valence-corrected chi connectivity index (χ1v) is 9.03. The molecule has 1 aromatic heterocycles. The number of likely N-dealkylation sites (N-methyl/N-ethyl adjacent to an activating group) is 1. The van der Waals surface area contributed by atoms with Gasteiger partial charge < -0.3 is 9.64 Å². The highest BCUT2D eigenvalue weighted by Gasteiger charge is 2.30. The van der Waals surface area contributed by atoms with E-state index in [-0.39, 0.29) is 4.21 Å². The number of methoxy groups -OCH3 is 1. The minimum Gasteiger partial charge on any atom is -0.480 e. The van der Waals surface area contributed by atoms with Crippen molar-refractivity contribution in [2.75, 3.05) is 31.6 Å². The molecule has 0 unspecified atom stereocenters. The molecule has 0 saturated heterocycles. The van der Waals surface area contributed by atoms with Crippen LogP contribution in [0.25, 0.3) is 0 Å². The Morgan fingerprint density at radius 3 is 2.77 bits per heavy atom. The second-order valence-electron chi connectivity index (χ2n) is 5.13. The van der Waals surface area contributed by atoms with Crippen molar-refractivity contribution in [3.63, 3.8) is 0 Å². The number of hydrogen-bond acceptors (Lipinski definition) is 6. The lowest BCUT2D eigenvalue weighted by atomic mass is 10.2. The number of benzene rings is 1. The molecule has 1 aliphatic heterocycles. The zero-order valence-electron chi connectivity index (χ0n) is 12.4. The summed E-state index contributed by atoms with van der Waals surface area (Å²) >= 11 is 0.939. The van der Waals surface area contributed by atoms with E-state index in [9.17, 15) is 8.42 Å². The molecule has 0 spiro atoms. The Morgan fingerprint density at radius 2 is 2.05 bits per heavy atom. The maximum Gasteiger partial charge on any atom is 0.275 e. The lowest BCUT2D eigenvalue weighted by Gasteiger charge is -2.23. The molecule has 0 aliphatic carbocycles. The predicted octanol–water partition coefficient (Wildman–Crippen LogP) is 1.79. The van der Waals surface area contributed by atoms with E-state index in [0.29, 0.717) is 19.0 Å². The third-order valence-corrected chi connectivity index (χ3v) is 6.62. The van der Waals surface area contributed by atoms with Gasteiger partial charge in [0.05, 0.1) is 12.8 Å². The fraction of sp³-hybridized carbons (Fsp3) is 0.357. The largest absolute Gasteiger partial charge is 0.480 e. The van der Waals surface area contributed by atoms with Gasteiger partial charge in [-0.25, -0.2) is 8.42 Å². The van der Waals surface area contributed by atoms with Crippen LogP contribution in [0, 0.1) is 0 Å². The van der Waals surface area contributed by atoms with Crippen LogP contribution >= 0.6 is 11.5 Å². The molecular weight excluding hydrogens is 322 g/mol. The maximum absolute atomic E-state index is 13.0. The Hall–Kier alpha value is -1.64. The van der Waals surface area contributed by atoms with E-state index >= 15 is 0 Å². The normalized spacial score (nSPS) is 16.2. The van der Waals surface area contributed by atoms with Crippen LogP contribution in [-0.2, 0) is 16.6 Å². The number of para-hydroxylation sites is 1. The van der Waals surface area contributed by atoms with Crippen LogP contribution in [0.4, 0.5) is 5.69 Å². The standard InChI is InChI=1S/C14H17N3O3S2/c1-16-7-8-17(12-6-4-3-5-11(12)10-16)22(18,19)14-9-13(20-2)15-21-14/h3-6,9H,7-8,10H2,1-2H3. The van der Waals surface area contributed by atoms with Crippen LogP contribution in [0.3, 0.4) is 0 Å². The first-order chi connectivity index (χ1) is 10.5. The average molecular weight is 339 g/mol. The van der Waals surface area contributed by atoms with Gasteiger partial charge in [-0.05, 0) is 30.2 Å². The molecule has 2 aromatic rings. The average Bonchev–Trinajstić information content (AvgIpc) is 2.92. The molecule has 8 heteroatoms. The van der Waals surface area contributed by atoms with E-state index in [1.54, 1.807) is 0 Å². The Kier molecular flexibility index (Phi) is 4.07. The van der Waals surface area contributed by atoms with Gasteiger partial charge in [0.1, 0.15) is 0 Å². The van der Waals surface area contributed by atoms with Gasteiger partial charge in [0.2, 0.25) is 5.88 Å². The summed E-state index contributed by atoms with van der Waals surface area (Å²) in [6, 6.07) is 9.08. The summed E-state index contributed by atoms with van der Waals surface area (Å²) in [7, 11) is -0.166. The van der Waals surface area contributed by atoms with Crippen molar-refractivity contribution >= 4 is 27.2 Å². The first-order valence-electron chi connectivity index (χ1n) is 6.82. The van der Waals surface area contributed by atoms with Crippen molar-refractivity contribution < 1.29 is 13.2 Å². The molecule has 0 bridgehead atoms. The van der Waals surface area contributed by atoms with Crippen molar-refractivity contribution in [2.24, 2.45) is 0 Å². The summed E-state index contributed by atoms with van der Waals surface area (Å²) in [4.78, 5) is 2.11. The molecule has 118 valence electrons. The van der Waals surface area contributed by atoms with Gasteiger partial charge in [-0.2, -0.15) is 4.37 Å². The van der Waals surface area contributed by atoms with Crippen molar-refractivity contribution in [1.82, 2.24) is 9.27 Å².